The smallest absolute Gasteiger partial charge is 0.200 e. The van der Waals surface area contributed by atoms with Crippen LogP contribution in [0.4, 0.5) is 5.69 Å². The van der Waals surface area contributed by atoms with Gasteiger partial charge < -0.3 is 14.8 Å². The number of imidazole rings is 1. The number of methoxy groups -OCH3 is 1. The van der Waals surface area contributed by atoms with E-state index in [0.717, 1.165) is 62.7 Å². The lowest BCUT2D eigenvalue weighted by atomic mass is 10.1. The lowest BCUT2D eigenvalue weighted by molar-refractivity contribution is 0.0378. The Morgan fingerprint density at radius 2 is 2.10 bits per heavy atom. The summed E-state index contributed by atoms with van der Waals surface area (Å²) < 4.78 is 12.8. The van der Waals surface area contributed by atoms with E-state index in [1.165, 1.54) is 0 Å². The maximum Gasteiger partial charge on any atom is 0.200 e. The molecule has 0 amide bonds. The number of ether oxygens (including phenoxy) is 2. The van der Waals surface area contributed by atoms with Gasteiger partial charge in [-0.1, -0.05) is 0 Å². The maximum absolute atomic E-state index is 13.5. The molecule has 7 nitrogen and oxygen atoms in total. The van der Waals surface area contributed by atoms with E-state index in [4.69, 9.17) is 9.47 Å². The van der Waals surface area contributed by atoms with Crippen molar-refractivity contribution in [3.8, 4) is 5.75 Å². The van der Waals surface area contributed by atoms with E-state index in [-0.39, 0.29) is 5.43 Å². The Labute approximate surface area is 174 Å². The van der Waals surface area contributed by atoms with Crippen LogP contribution in [0.15, 0.2) is 23.0 Å². The van der Waals surface area contributed by atoms with Crippen LogP contribution in [0, 0.1) is 19.1 Å². The van der Waals surface area contributed by atoms with Gasteiger partial charge in [0.15, 0.2) is 5.43 Å². The highest BCUT2D eigenvalue weighted by molar-refractivity contribution is 6.06. The zero-order valence-corrected chi connectivity index (χ0v) is 17.2. The quantitative estimate of drug-likeness (QED) is 0.498. The first-order valence-corrected chi connectivity index (χ1v) is 10.3. The number of benzene rings is 1. The second-order valence-electron chi connectivity index (χ2n) is 7.64. The van der Waals surface area contributed by atoms with Crippen LogP contribution >= 0.6 is 0 Å². The third-order valence-corrected chi connectivity index (χ3v) is 5.81. The van der Waals surface area contributed by atoms with Crippen LogP contribution in [0.1, 0.15) is 12.2 Å². The molecule has 0 radical (unpaired) electrons. The van der Waals surface area contributed by atoms with Crippen LogP contribution in [0.3, 0.4) is 0 Å². The van der Waals surface area contributed by atoms with E-state index in [1.807, 2.05) is 23.5 Å². The molecule has 1 aliphatic rings. The molecule has 0 unspecified atom stereocenters. The van der Waals surface area contributed by atoms with Gasteiger partial charge in [-0.3, -0.25) is 14.1 Å². The highest BCUT2D eigenvalue weighted by Gasteiger charge is 2.19. The van der Waals surface area contributed by atoms with Crippen LogP contribution in [0.2, 0.25) is 0 Å². The van der Waals surface area contributed by atoms with E-state index >= 15 is 0 Å². The number of nitrogens with one attached hydrogen (secondary N) is 1. The Balaban J connectivity index is 1.53. The summed E-state index contributed by atoms with van der Waals surface area (Å²) in [5.41, 5.74) is 2.93. The lowest BCUT2D eigenvalue weighted by Crippen LogP contribution is -2.37. The van der Waals surface area contributed by atoms with Crippen molar-refractivity contribution in [2.45, 2.75) is 13.3 Å². The van der Waals surface area contributed by atoms with Crippen LogP contribution in [0.25, 0.3) is 27.3 Å². The fourth-order valence-electron chi connectivity index (χ4n) is 4.30. The molecule has 0 bridgehead atoms. The highest BCUT2D eigenvalue weighted by atomic mass is 16.5. The van der Waals surface area contributed by atoms with Gasteiger partial charge in [0.1, 0.15) is 17.1 Å². The number of pyridine rings is 1. The Bertz CT molecular complexity index is 1260. The zero-order chi connectivity index (χ0) is 20.7. The number of anilines is 1. The van der Waals surface area contributed by atoms with Gasteiger partial charge in [-0.05, 0) is 50.2 Å². The van der Waals surface area contributed by atoms with Crippen molar-refractivity contribution in [3.05, 3.63) is 46.4 Å². The second-order valence-corrected chi connectivity index (χ2v) is 7.64. The molecule has 0 atom stereocenters. The summed E-state index contributed by atoms with van der Waals surface area (Å²) in [6, 6.07) is 11.8. The van der Waals surface area contributed by atoms with E-state index in [0.29, 0.717) is 27.7 Å². The predicted octanol–water partition coefficient (Wildman–Crippen LogP) is 2.49. The van der Waals surface area contributed by atoms with Gasteiger partial charge in [-0.2, -0.15) is 0 Å². The minimum absolute atomic E-state index is 0.0396. The molecule has 0 spiro atoms. The first-order chi connectivity index (χ1) is 14.7. The van der Waals surface area contributed by atoms with Crippen molar-refractivity contribution < 1.29 is 9.47 Å². The zero-order valence-electron chi connectivity index (χ0n) is 17.2. The molecule has 7 heteroatoms. The number of aryl methyl sites for hydroxylation is 1. The van der Waals surface area contributed by atoms with Crippen LogP contribution < -0.4 is 15.5 Å². The molecule has 154 valence electrons. The van der Waals surface area contributed by atoms with Crippen molar-refractivity contribution in [2.75, 3.05) is 51.8 Å². The van der Waals surface area contributed by atoms with Gasteiger partial charge >= 0.3 is 0 Å². The fourth-order valence-corrected chi connectivity index (χ4v) is 4.30. The first kappa shape index (κ1) is 18.9. The maximum atomic E-state index is 13.5. The molecular formula is C23H24N4O3. The molecule has 30 heavy (non-hydrogen) atoms. The van der Waals surface area contributed by atoms with Crippen molar-refractivity contribution >= 4 is 33.0 Å². The molecule has 0 aliphatic carbocycles. The largest absolute Gasteiger partial charge is 0.497 e. The fraction of sp³-hybridized carbons (Fsp3) is 0.391. The second kappa shape index (κ2) is 7.63. The summed E-state index contributed by atoms with van der Waals surface area (Å²) in [6.45, 7) is 7.26. The van der Waals surface area contributed by atoms with E-state index < -0.39 is 0 Å². The summed E-state index contributed by atoms with van der Waals surface area (Å²) >= 11 is 0. The topological polar surface area (TPSA) is 68.1 Å². The summed E-state index contributed by atoms with van der Waals surface area (Å²) in [4.78, 5) is 20.5. The third kappa shape index (κ3) is 3.09. The first-order valence-electron chi connectivity index (χ1n) is 10.3. The number of nitrogens with zero attached hydrogens (tertiary/aromatic N) is 3. The number of aromatic nitrogens is 2. The summed E-state index contributed by atoms with van der Waals surface area (Å²) in [6.07, 6.45) is 0.974. The van der Waals surface area contributed by atoms with Gasteiger partial charge in [0.25, 0.3) is 0 Å². The number of fused-ring (bicyclic) bond motifs is 2. The number of hydrogen-bond acceptors (Lipinski definition) is 6. The molecule has 0 saturated carbocycles. The Hall–Kier alpha value is -3.08. The average molecular weight is 404 g/mol. The molecule has 1 saturated heterocycles. The van der Waals surface area contributed by atoms with Crippen LogP contribution in [-0.2, 0) is 4.74 Å². The number of morpholine rings is 1. The van der Waals surface area contributed by atoms with Gasteiger partial charge in [-0.15, -0.1) is 0 Å². The van der Waals surface area contributed by atoms with Crippen molar-refractivity contribution in [2.24, 2.45) is 0 Å². The molecule has 2 aromatic carbocycles. The molecule has 4 aromatic rings. The van der Waals surface area contributed by atoms with E-state index in [1.54, 1.807) is 13.2 Å². The standard InChI is InChI=1S/C23H24N4O3/c1-15-25-19-6-5-18(24-8-3-9-26-10-12-30-13-11-26)21-22(19)27(15)20-7-4-16(29-2)14-17(20)23(21)28/h4,7,14,24H,3,8-13H2,1-2H3. The molecule has 1 aliphatic heterocycles. The van der Waals surface area contributed by atoms with Crippen molar-refractivity contribution in [1.29, 1.82) is 0 Å². The predicted molar refractivity (Wildman–Crippen MR) is 117 cm³/mol. The average Bonchev–Trinajstić information content (AvgIpc) is 3.12. The third-order valence-electron chi connectivity index (χ3n) is 5.81. The Morgan fingerprint density at radius 1 is 1.27 bits per heavy atom. The Kier molecular flexibility index (Phi) is 4.81. The SMILES string of the molecule is COc1ccc2c(c1)c(=O)c1c(NCCCN3CCOCC3)c#cc3nc(C)n2c31. The van der Waals surface area contributed by atoms with Gasteiger partial charge in [0, 0.05) is 19.6 Å². The van der Waals surface area contributed by atoms with Gasteiger partial charge in [0.2, 0.25) is 0 Å². The summed E-state index contributed by atoms with van der Waals surface area (Å²) in [5, 5.41) is 4.64. The van der Waals surface area contributed by atoms with Crippen LogP contribution in [-0.4, -0.2) is 60.8 Å². The molecule has 3 heterocycles. The van der Waals surface area contributed by atoms with E-state index in [2.05, 4.69) is 27.3 Å². The number of hydrogen-bond donors (Lipinski definition) is 1. The molecular weight excluding hydrogens is 380 g/mol. The lowest BCUT2D eigenvalue weighted by Gasteiger charge is -2.26. The summed E-state index contributed by atoms with van der Waals surface area (Å²) in [5.74, 6) is 1.48. The minimum atomic E-state index is -0.0396. The van der Waals surface area contributed by atoms with Crippen molar-refractivity contribution in [1.82, 2.24) is 14.3 Å². The number of rotatable bonds is 6. The summed E-state index contributed by atoms with van der Waals surface area (Å²) in [7, 11) is 1.60. The normalized spacial score (nSPS) is 15.1. The molecule has 1 N–H and O–H groups in total. The monoisotopic (exact) mass is 404 g/mol. The van der Waals surface area contributed by atoms with Crippen molar-refractivity contribution in [3.63, 3.8) is 0 Å². The Morgan fingerprint density at radius 3 is 2.90 bits per heavy atom. The molecule has 2 aromatic heterocycles. The van der Waals surface area contributed by atoms with E-state index in [9.17, 15) is 4.79 Å². The molecule has 1 fully saturated rings. The molecule has 5 rings (SSSR count). The van der Waals surface area contributed by atoms with Crippen LogP contribution in [0.5, 0.6) is 5.75 Å². The van der Waals surface area contributed by atoms with Gasteiger partial charge in [-0.25, -0.2) is 4.98 Å². The highest BCUT2D eigenvalue weighted by Crippen LogP contribution is 2.29. The minimum Gasteiger partial charge on any atom is -0.497 e. The van der Waals surface area contributed by atoms with Gasteiger partial charge in [0.05, 0.1) is 47.8 Å².